The predicted octanol–water partition coefficient (Wildman–Crippen LogP) is 5.60. The first-order valence-electron chi connectivity index (χ1n) is 11.0. The topological polar surface area (TPSA) is 35.5 Å². The maximum Gasteiger partial charge on any atom is 0.303 e. The molecule has 0 aliphatic heterocycles. The summed E-state index contributed by atoms with van der Waals surface area (Å²) in [5.41, 5.74) is 3.59. The molecule has 0 saturated heterocycles. The first-order chi connectivity index (χ1) is 13.8. The summed E-state index contributed by atoms with van der Waals surface area (Å²) in [4.78, 5) is 12.2. The first kappa shape index (κ1) is 19.0. The highest BCUT2D eigenvalue weighted by atomic mass is 16.6. The highest BCUT2D eigenvalue weighted by Gasteiger charge is 2.76. The number of rotatable bonds is 3. The van der Waals surface area contributed by atoms with Crippen LogP contribution in [0.25, 0.3) is 0 Å². The molecular formula is C26H32O3. The monoisotopic (exact) mass is 392 g/mol. The van der Waals surface area contributed by atoms with Crippen LogP contribution in [0.15, 0.2) is 42.5 Å². The summed E-state index contributed by atoms with van der Waals surface area (Å²) < 4.78 is 11.7. The predicted molar refractivity (Wildman–Crippen MR) is 114 cm³/mol. The molecule has 154 valence electrons. The van der Waals surface area contributed by atoms with E-state index in [-0.39, 0.29) is 22.7 Å². The Kier molecular flexibility index (Phi) is 3.92. The van der Waals surface area contributed by atoms with Crippen molar-refractivity contribution in [3.8, 4) is 5.75 Å². The van der Waals surface area contributed by atoms with Gasteiger partial charge in [-0.15, -0.1) is 0 Å². The van der Waals surface area contributed by atoms with Crippen LogP contribution in [0.1, 0.15) is 63.5 Å². The van der Waals surface area contributed by atoms with E-state index >= 15 is 0 Å². The van der Waals surface area contributed by atoms with E-state index in [1.165, 1.54) is 17.5 Å². The van der Waals surface area contributed by atoms with Gasteiger partial charge in [0.15, 0.2) is 0 Å². The van der Waals surface area contributed by atoms with E-state index < -0.39 is 5.60 Å². The summed E-state index contributed by atoms with van der Waals surface area (Å²) in [5.74, 6) is 2.14. The van der Waals surface area contributed by atoms with Gasteiger partial charge in [-0.3, -0.25) is 4.79 Å². The number of aryl methyl sites for hydroxylation is 1. The van der Waals surface area contributed by atoms with Crippen LogP contribution >= 0.6 is 0 Å². The molecule has 6 atom stereocenters. The van der Waals surface area contributed by atoms with Crippen LogP contribution in [0.4, 0.5) is 0 Å². The molecule has 29 heavy (non-hydrogen) atoms. The van der Waals surface area contributed by atoms with Gasteiger partial charge in [0.2, 0.25) is 0 Å². The molecule has 0 heterocycles. The van der Waals surface area contributed by atoms with E-state index in [4.69, 9.17) is 9.47 Å². The molecule has 2 saturated carbocycles. The third-order valence-electron chi connectivity index (χ3n) is 9.06. The van der Waals surface area contributed by atoms with Gasteiger partial charge in [0.1, 0.15) is 11.4 Å². The molecule has 3 heteroatoms. The maximum atomic E-state index is 12.2. The van der Waals surface area contributed by atoms with Crippen molar-refractivity contribution in [1.29, 1.82) is 0 Å². The second-order valence-corrected chi connectivity index (χ2v) is 10.1. The summed E-state index contributed by atoms with van der Waals surface area (Å²) in [7, 11) is 1.74. The van der Waals surface area contributed by atoms with Crippen molar-refractivity contribution < 1.29 is 14.3 Å². The van der Waals surface area contributed by atoms with E-state index in [1.54, 1.807) is 14.0 Å². The molecule has 5 rings (SSSR count). The van der Waals surface area contributed by atoms with Gasteiger partial charge < -0.3 is 9.47 Å². The Morgan fingerprint density at radius 3 is 2.69 bits per heavy atom. The Bertz CT molecular complexity index is 930. The lowest BCUT2D eigenvalue weighted by Gasteiger charge is -2.56. The number of benzene rings is 1. The van der Waals surface area contributed by atoms with Crippen molar-refractivity contribution >= 4 is 5.97 Å². The van der Waals surface area contributed by atoms with Crippen molar-refractivity contribution in [2.45, 2.75) is 64.4 Å². The van der Waals surface area contributed by atoms with Crippen LogP contribution in [0, 0.1) is 22.7 Å². The van der Waals surface area contributed by atoms with Crippen molar-refractivity contribution in [1.82, 2.24) is 0 Å². The van der Waals surface area contributed by atoms with Crippen molar-refractivity contribution in [2.24, 2.45) is 22.7 Å². The number of allylic oxidation sites excluding steroid dienone is 1. The van der Waals surface area contributed by atoms with Crippen LogP contribution in [0.3, 0.4) is 0 Å². The van der Waals surface area contributed by atoms with Gasteiger partial charge in [-0.05, 0) is 80.2 Å². The van der Waals surface area contributed by atoms with Crippen LogP contribution in [-0.4, -0.2) is 18.7 Å². The summed E-state index contributed by atoms with van der Waals surface area (Å²) >= 11 is 0. The van der Waals surface area contributed by atoms with Crippen molar-refractivity contribution in [2.75, 3.05) is 7.11 Å². The third-order valence-corrected chi connectivity index (χ3v) is 9.06. The van der Waals surface area contributed by atoms with E-state index in [2.05, 4.69) is 50.8 Å². The molecule has 0 aromatic heterocycles. The van der Waals surface area contributed by atoms with Gasteiger partial charge in [0.25, 0.3) is 0 Å². The fourth-order valence-electron chi connectivity index (χ4n) is 7.83. The van der Waals surface area contributed by atoms with E-state index in [9.17, 15) is 4.79 Å². The largest absolute Gasteiger partial charge is 0.497 e. The Morgan fingerprint density at radius 1 is 1.21 bits per heavy atom. The summed E-state index contributed by atoms with van der Waals surface area (Å²) in [6.07, 6.45) is 10.3. The Hall–Kier alpha value is -2.03. The van der Waals surface area contributed by atoms with Gasteiger partial charge >= 0.3 is 5.97 Å². The molecule has 2 fully saturated rings. The molecule has 0 spiro atoms. The smallest absolute Gasteiger partial charge is 0.303 e. The lowest BCUT2D eigenvalue weighted by Crippen LogP contribution is -2.54. The molecule has 4 aliphatic rings. The minimum Gasteiger partial charge on any atom is -0.497 e. The van der Waals surface area contributed by atoms with E-state index in [0.717, 1.165) is 37.0 Å². The van der Waals surface area contributed by atoms with Crippen molar-refractivity contribution in [3.63, 3.8) is 0 Å². The standard InChI is InChI=1S/C26H32O3/c1-16(2)23-15-25-12-13-26(23,29-17(3)27)24(25,4)11-10-21-20-8-7-19(28-5)14-18(20)6-9-22(21)25/h7-8,12-14,21-23H,1,6,9-11,15H2,2-5H3/t21-,22-,23+,24+,25+,26+/m1/s1. The number of hydrogen-bond donors (Lipinski definition) is 0. The average Bonchev–Trinajstić information content (AvgIpc) is 3.07. The zero-order valence-corrected chi connectivity index (χ0v) is 18.1. The lowest BCUT2D eigenvalue weighted by molar-refractivity contribution is -0.172. The summed E-state index contributed by atoms with van der Waals surface area (Å²) in [6, 6.07) is 6.65. The lowest BCUT2D eigenvalue weighted by atomic mass is 9.48. The third kappa shape index (κ3) is 2.17. The fourth-order valence-corrected chi connectivity index (χ4v) is 7.83. The highest BCUT2D eigenvalue weighted by Crippen LogP contribution is 2.78. The Balaban J connectivity index is 1.61. The van der Waals surface area contributed by atoms with Crippen LogP contribution in [0.2, 0.25) is 0 Å². The summed E-state index contributed by atoms with van der Waals surface area (Å²) in [5, 5.41) is 0. The molecule has 1 aromatic rings. The van der Waals surface area contributed by atoms with E-state index in [1.807, 2.05) is 0 Å². The number of carbonyl (C=O) groups is 1. The number of hydrogen-bond acceptors (Lipinski definition) is 3. The molecular weight excluding hydrogens is 360 g/mol. The maximum absolute atomic E-state index is 12.2. The normalized spacial score (nSPS) is 41.3. The Morgan fingerprint density at radius 2 is 2.00 bits per heavy atom. The number of fused-ring (bicyclic) bond motifs is 3. The second-order valence-electron chi connectivity index (χ2n) is 10.1. The first-order valence-corrected chi connectivity index (χ1v) is 11.0. The SMILES string of the molecule is C=C(C)[C@@H]1C[C@]23C=C[C@@]1(OC(C)=O)[C@@]2(C)CC[C@@H]1c2ccc(OC)cc2CC[C@H]13. The number of methoxy groups -OCH3 is 1. The highest BCUT2D eigenvalue weighted by molar-refractivity contribution is 5.68. The van der Waals surface area contributed by atoms with Gasteiger partial charge in [0.05, 0.1) is 7.11 Å². The molecule has 4 aliphatic carbocycles. The van der Waals surface area contributed by atoms with Gasteiger partial charge in [-0.2, -0.15) is 0 Å². The van der Waals surface area contributed by atoms with Crippen molar-refractivity contribution in [3.05, 3.63) is 53.6 Å². The molecule has 0 radical (unpaired) electrons. The molecule has 2 bridgehead atoms. The van der Waals surface area contributed by atoms with Gasteiger partial charge in [-0.25, -0.2) is 0 Å². The average molecular weight is 393 g/mol. The quantitative estimate of drug-likeness (QED) is 0.496. The molecule has 0 unspecified atom stereocenters. The number of esters is 1. The molecule has 0 amide bonds. The Labute approximate surface area is 174 Å². The van der Waals surface area contributed by atoms with Crippen LogP contribution < -0.4 is 4.74 Å². The summed E-state index contributed by atoms with van der Waals surface area (Å²) in [6.45, 7) is 10.4. The minimum atomic E-state index is -0.532. The number of ether oxygens (including phenoxy) is 2. The molecule has 1 aromatic carbocycles. The fraction of sp³-hybridized carbons (Fsp3) is 0.577. The number of carbonyl (C=O) groups excluding carboxylic acids is 1. The van der Waals surface area contributed by atoms with Gasteiger partial charge in [0, 0.05) is 23.7 Å². The zero-order chi connectivity index (χ0) is 20.6. The van der Waals surface area contributed by atoms with Crippen LogP contribution in [-0.2, 0) is 16.0 Å². The van der Waals surface area contributed by atoms with Gasteiger partial charge in [-0.1, -0.05) is 31.2 Å². The van der Waals surface area contributed by atoms with E-state index in [0.29, 0.717) is 11.8 Å². The minimum absolute atomic E-state index is 0.0551. The molecule has 3 nitrogen and oxygen atoms in total. The van der Waals surface area contributed by atoms with Crippen LogP contribution in [0.5, 0.6) is 5.75 Å². The second kappa shape index (κ2) is 6.00. The zero-order valence-electron chi connectivity index (χ0n) is 18.1. The molecule has 0 N–H and O–H groups in total.